The van der Waals surface area contributed by atoms with Gasteiger partial charge in [-0.15, -0.1) is 0 Å². The van der Waals surface area contributed by atoms with Gasteiger partial charge in [-0.1, -0.05) is 6.07 Å². The normalized spacial score (nSPS) is 10.0. The number of carbonyl (C=O) groups excluding carboxylic acids is 1. The zero-order valence-electron chi connectivity index (χ0n) is 8.40. The van der Waals surface area contributed by atoms with Crippen molar-refractivity contribution in [2.75, 3.05) is 0 Å². The van der Waals surface area contributed by atoms with Crippen molar-refractivity contribution in [3.05, 3.63) is 56.6 Å². The van der Waals surface area contributed by atoms with E-state index in [1.807, 2.05) is 16.8 Å². The van der Waals surface area contributed by atoms with Gasteiger partial charge in [0.2, 0.25) is 5.56 Å². The summed E-state index contributed by atoms with van der Waals surface area (Å²) < 4.78 is 0. The van der Waals surface area contributed by atoms with E-state index in [0.29, 0.717) is 6.54 Å². The molecule has 82 valence electrons. The van der Waals surface area contributed by atoms with E-state index in [4.69, 9.17) is 0 Å². The van der Waals surface area contributed by atoms with E-state index < -0.39 is 0 Å². The fourth-order valence-electron chi connectivity index (χ4n) is 1.25. The van der Waals surface area contributed by atoms with Crippen molar-refractivity contribution in [1.82, 2.24) is 10.3 Å². The topological polar surface area (TPSA) is 62.0 Å². The molecule has 0 aliphatic rings. The van der Waals surface area contributed by atoms with Crippen LogP contribution in [-0.4, -0.2) is 10.9 Å². The molecule has 16 heavy (non-hydrogen) atoms. The first-order valence-corrected chi connectivity index (χ1v) is 5.68. The van der Waals surface area contributed by atoms with Crippen molar-refractivity contribution >= 4 is 17.2 Å². The Hall–Kier alpha value is -1.88. The largest absolute Gasteiger partial charge is 0.347 e. The Kier molecular flexibility index (Phi) is 3.16. The van der Waals surface area contributed by atoms with Crippen LogP contribution in [0, 0.1) is 0 Å². The lowest BCUT2D eigenvalue weighted by Gasteiger charge is -2.02. The second-order valence-electron chi connectivity index (χ2n) is 3.24. The molecule has 0 saturated heterocycles. The van der Waals surface area contributed by atoms with E-state index in [1.165, 1.54) is 6.07 Å². The van der Waals surface area contributed by atoms with Gasteiger partial charge in [0.15, 0.2) is 0 Å². The summed E-state index contributed by atoms with van der Waals surface area (Å²) in [6.07, 6.45) is 0. The molecule has 0 bridgehead atoms. The zero-order chi connectivity index (χ0) is 11.4. The third kappa shape index (κ3) is 2.58. The maximum atomic E-state index is 11.6. The average molecular weight is 234 g/mol. The molecule has 0 aliphatic heterocycles. The molecular formula is C11H10N2O2S. The summed E-state index contributed by atoms with van der Waals surface area (Å²) in [5, 5.41) is 6.64. The van der Waals surface area contributed by atoms with Gasteiger partial charge in [-0.2, -0.15) is 11.3 Å². The van der Waals surface area contributed by atoms with Crippen molar-refractivity contribution < 1.29 is 4.79 Å². The highest BCUT2D eigenvalue weighted by molar-refractivity contribution is 7.07. The Bertz CT molecular complexity index is 531. The molecule has 0 saturated carbocycles. The van der Waals surface area contributed by atoms with Crippen LogP contribution in [-0.2, 0) is 6.54 Å². The summed E-state index contributed by atoms with van der Waals surface area (Å²) >= 11 is 1.58. The number of amides is 1. The molecule has 2 N–H and O–H groups in total. The van der Waals surface area contributed by atoms with Crippen LogP contribution in [0.4, 0.5) is 0 Å². The number of pyridine rings is 1. The number of hydrogen-bond donors (Lipinski definition) is 2. The third-order valence-electron chi connectivity index (χ3n) is 2.05. The van der Waals surface area contributed by atoms with Crippen LogP contribution >= 0.6 is 11.3 Å². The van der Waals surface area contributed by atoms with Gasteiger partial charge >= 0.3 is 0 Å². The second kappa shape index (κ2) is 4.76. The highest BCUT2D eigenvalue weighted by Gasteiger charge is 2.05. The SMILES string of the molecule is O=C(NCc1ccsc1)c1cccc(=O)[nH]1. The number of rotatable bonds is 3. The molecule has 2 heterocycles. The zero-order valence-corrected chi connectivity index (χ0v) is 9.21. The minimum Gasteiger partial charge on any atom is -0.347 e. The Balaban J connectivity index is 2.01. The van der Waals surface area contributed by atoms with Gasteiger partial charge in [0, 0.05) is 12.6 Å². The summed E-state index contributed by atoms with van der Waals surface area (Å²) in [7, 11) is 0. The summed E-state index contributed by atoms with van der Waals surface area (Å²) in [5.74, 6) is -0.274. The van der Waals surface area contributed by atoms with Crippen LogP contribution in [0.25, 0.3) is 0 Å². The number of hydrogen-bond acceptors (Lipinski definition) is 3. The molecule has 0 spiro atoms. The molecule has 0 atom stereocenters. The van der Waals surface area contributed by atoms with E-state index in [0.717, 1.165) is 5.56 Å². The Morgan fingerprint density at radius 3 is 2.94 bits per heavy atom. The minimum atomic E-state index is -0.275. The fourth-order valence-corrected chi connectivity index (χ4v) is 1.92. The van der Waals surface area contributed by atoms with Crippen LogP contribution in [0.5, 0.6) is 0 Å². The average Bonchev–Trinajstić information content (AvgIpc) is 2.78. The van der Waals surface area contributed by atoms with Gasteiger partial charge in [0.1, 0.15) is 5.69 Å². The minimum absolute atomic E-state index is 0.274. The standard InChI is InChI=1S/C11H10N2O2S/c14-10-3-1-2-9(13-10)11(15)12-6-8-4-5-16-7-8/h1-5,7H,6H2,(H,12,15)(H,13,14). The van der Waals surface area contributed by atoms with Crippen molar-refractivity contribution in [2.24, 2.45) is 0 Å². The molecule has 2 rings (SSSR count). The molecule has 0 fully saturated rings. The molecule has 5 heteroatoms. The number of thiophene rings is 1. The molecule has 0 aromatic carbocycles. The van der Waals surface area contributed by atoms with E-state index in [9.17, 15) is 9.59 Å². The van der Waals surface area contributed by atoms with Crippen LogP contribution in [0.15, 0.2) is 39.8 Å². The predicted octanol–water partition coefficient (Wildman–Crippen LogP) is 1.37. The van der Waals surface area contributed by atoms with Gasteiger partial charge in [0.25, 0.3) is 5.91 Å². The van der Waals surface area contributed by atoms with E-state index in [-0.39, 0.29) is 17.2 Å². The van der Waals surface area contributed by atoms with Crippen molar-refractivity contribution in [3.63, 3.8) is 0 Å². The molecule has 4 nitrogen and oxygen atoms in total. The number of aromatic nitrogens is 1. The van der Waals surface area contributed by atoms with Crippen molar-refractivity contribution in [3.8, 4) is 0 Å². The van der Waals surface area contributed by atoms with Crippen molar-refractivity contribution in [1.29, 1.82) is 0 Å². The molecule has 1 amide bonds. The first-order chi connectivity index (χ1) is 7.75. The number of nitrogens with one attached hydrogen (secondary N) is 2. The fraction of sp³-hybridized carbons (Fsp3) is 0.0909. The monoisotopic (exact) mass is 234 g/mol. The summed E-state index contributed by atoms with van der Waals surface area (Å²) in [5.41, 5.74) is 1.06. The predicted molar refractivity (Wildman–Crippen MR) is 62.6 cm³/mol. The van der Waals surface area contributed by atoms with Gasteiger partial charge in [-0.25, -0.2) is 0 Å². The lowest BCUT2D eigenvalue weighted by molar-refractivity contribution is 0.0945. The lowest BCUT2D eigenvalue weighted by Crippen LogP contribution is -2.25. The summed E-state index contributed by atoms with van der Waals surface area (Å²) in [6, 6.07) is 6.44. The maximum Gasteiger partial charge on any atom is 0.268 e. The van der Waals surface area contributed by atoms with Crippen LogP contribution in [0.2, 0.25) is 0 Å². The second-order valence-corrected chi connectivity index (χ2v) is 4.02. The molecule has 2 aromatic rings. The highest BCUT2D eigenvalue weighted by Crippen LogP contribution is 2.05. The van der Waals surface area contributed by atoms with Gasteiger partial charge in [-0.05, 0) is 28.5 Å². The summed E-state index contributed by atoms with van der Waals surface area (Å²) in [6.45, 7) is 0.471. The summed E-state index contributed by atoms with van der Waals surface area (Å²) in [4.78, 5) is 25.1. The van der Waals surface area contributed by atoms with E-state index in [2.05, 4.69) is 10.3 Å². The number of aromatic amines is 1. The Labute approximate surface area is 96.0 Å². The maximum absolute atomic E-state index is 11.6. The molecule has 0 unspecified atom stereocenters. The molecule has 2 aromatic heterocycles. The van der Waals surface area contributed by atoms with Gasteiger partial charge in [-0.3, -0.25) is 9.59 Å². The number of carbonyl (C=O) groups is 1. The first kappa shape index (κ1) is 10.6. The van der Waals surface area contributed by atoms with E-state index in [1.54, 1.807) is 23.5 Å². The smallest absolute Gasteiger partial charge is 0.268 e. The van der Waals surface area contributed by atoms with Gasteiger partial charge < -0.3 is 10.3 Å². The van der Waals surface area contributed by atoms with Crippen molar-refractivity contribution in [2.45, 2.75) is 6.54 Å². The molecule has 0 aliphatic carbocycles. The third-order valence-corrected chi connectivity index (χ3v) is 2.78. The van der Waals surface area contributed by atoms with Gasteiger partial charge in [0.05, 0.1) is 0 Å². The number of H-pyrrole nitrogens is 1. The quantitative estimate of drug-likeness (QED) is 0.842. The Morgan fingerprint density at radius 1 is 1.38 bits per heavy atom. The molecular weight excluding hydrogens is 224 g/mol. The van der Waals surface area contributed by atoms with Crippen LogP contribution in [0.1, 0.15) is 16.1 Å². The highest BCUT2D eigenvalue weighted by atomic mass is 32.1. The lowest BCUT2D eigenvalue weighted by atomic mass is 10.3. The first-order valence-electron chi connectivity index (χ1n) is 4.74. The van der Waals surface area contributed by atoms with Crippen LogP contribution < -0.4 is 10.9 Å². The molecule has 0 radical (unpaired) electrons. The van der Waals surface area contributed by atoms with E-state index >= 15 is 0 Å². The van der Waals surface area contributed by atoms with Crippen LogP contribution in [0.3, 0.4) is 0 Å². The Morgan fingerprint density at radius 2 is 2.25 bits per heavy atom.